The number of thiophene rings is 1. The summed E-state index contributed by atoms with van der Waals surface area (Å²) in [5, 5.41) is 3.65. The summed E-state index contributed by atoms with van der Waals surface area (Å²) in [7, 11) is 0. The molecule has 3 aromatic rings. The highest BCUT2D eigenvalue weighted by molar-refractivity contribution is 7.22. The lowest BCUT2D eigenvalue weighted by Gasteiger charge is -2.26. The lowest BCUT2D eigenvalue weighted by Crippen LogP contribution is -2.38. The van der Waals surface area contributed by atoms with E-state index in [1.165, 1.54) is 11.3 Å². The Morgan fingerprint density at radius 1 is 1.22 bits per heavy atom. The summed E-state index contributed by atoms with van der Waals surface area (Å²) in [5.41, 5.74) is 8.28. The van der Waals surface area contributed by atoms with E-state index < -0.39 is 12.2 Å². The summed E-state index contributed by atoms with van der Waals surface area (Å²) in [6.45, 7) is 0.283. The Morgan fingerprint density at radius 3 is 2.74 bits per heavy atom. The zero-order chi connectivity index (χ0) is 16.2. The van der Waals surface area contributed by atoms with Crippen molar-refractivity contribution in [2.24, 2.45) is 0 Å². The predicted molar refractivity (Wildman–Crippen MR) is 87.8 cm³/mol. The molecule has 3 nitrogen and oxygen atoms in total. The molecule has 3 N–H and O–H groups in total. The van der Waals surface area contributed by atoms with Crippen LogP contribution in [0.25, 0.3) is 20.8 Å². The molecule has 23 heavy (non-hydrogen) atoms. The van der Waals surface area contributed by atoms with Gasteiger partial charge in [-0.3, -0.25) is 0 Å². The number of rotatable bonds is 1. The number of hydrogen-bond acceptors (Lipinski definition) is 5. The average Bonchev–Trinajstić information content (AvgIpc) is 3.04. The van der Waals surface area contributed by atoms with Gasteiger partial charge in [-0.25, -0.2) is 4.98 Å². The number of anilines is 1. The second kappa shape index (κ2) is 5.19. The molecule has 1 aromatic carbocycles. The maximum absolute atomic E-state index is 13.2. The molecule has 1 aliphatic heterocycles. The van der Waals surface area contributed by atoms with Gasteiger partial charge in [0, 0.05) is 17.0 Å². The maximum Gasteiger partial charge on any atom is 0.408 e. The Bertz CT molecular complexity index is 849. The first kappa shape index (κ1) is 14.9. The smallest absolute Gasteiger partial charge is 0.390 e. The Kier molecular flexibility index (Phi) is 3.36. The van der Waals surface area contributed by atoms with Gasteiger partial charge in [-0.15, -0.1) is 22.7 Å². The summed E-state index contributed by atoms with van der Waals surface area (Å²) >= 11 is 2.48. The zero-order valence-electron chi connectivity index (χ0n) is 11.8. The predicted octanol–water partition coefficient (Wildman–Crippen LogP) is 4.36. The molecule has 0 saturated heterocycles. The maximum atomic E-state index is 13.2. The number of nitrogens with one attached hydrogen (secondary N) is 1. The number of nitrogens with two attached hydrogens (primary N) is 1. The minimum Gasteiger partial charge on any atom is -0.390 e. The van der Waals surface area contributed by atoms with E-state index in [9.17, 15) is 13.2 Å². The summed E-state index contributed by atoms with van der Waals surface area (Å²) in [5.74, 6) is 0. The van der Waals surface area contributed by atoms with E-state index in [2.05, 4.69) is 10.3 Å². The SMILES string of the molecule is Nc1sc2c(c1-c1nc3ccccc3s1)CCNC2C(F)(F)F. The molecule has 0 spiro atoms. The number of thiazole rings is 1. The number of hydrogen-bond donors (Lipinski definition) is 2. The Labute approximate surface area is 138 Å². The summed E-state index contributed by atoms with van der Waals surface area (Å²) < 4.78 is 40.7. The molecule has 8 heteroatoms. The number of nitrogens with zero attached hydrogens (tertiary/aromatic N) is 1. The highest BCUT2D eigenvalue weighted by Gasteiger charge is 2.45. The fourth-order valence-electron chi connectivity index (χ4n) is 2.90. The van der Waals surface area contributed by atoms with Crippen LogP contribution in [0.3, 0.4) is 0 Å². The summed E-state index contributed by atoms with van der Waals surface area (Å²) in [6, 6.07) is 6.01. The molecular weight excluding hydrogens is 343 g/mol. The van der Waals surface area contributed by atoms with Crippen LogP contribution in [0.4, 0.5) is 18.2 Å². The first-order chi connectivity index (χ1) is 10.9. The van der Waals surface area contributed by atoms with Crippen LogP contribution >= 0.6 is 22.7 Å². The van der Waals surface area contributed by atoms with E-state index in [1.807, 2.05) is 24.3 Å². The number of nitrogen functional groups attached to an aromatic ring is 1. The standard InChI is InChI=1S/C15H12F3N3S2/c16-15(17,18)12-11-7(5-6-20-12)10(13(19)23-11)14-21-8-3-1-2-4-9(8)22-14/h1-4,12,20H,5-6,19H2. The van der Waals surface area contributed by atoms with Crippen LogP contribution in [0, 0.1) is 0 Å². The third-order valence-electron chi connectivity index (χ3n) is 3.89. The lowest BCUT2D eigenvalue weighted by atomic mass is 9.99. The van der Waals surface area contributed by atoms with E-state index in [4.69, 9.17) is 5.73 Å². The van der Waals surface area contributed by atoms with Crippen LogP contribution in [0.1, 0.15) is 16.5 Å². The molecule has 0 fully saturated rings. The van der Waals surface area contributed by atoms with Crippen molar-refractivity contribution in [2.75, 3.05) is 12.3 Å². The van der Waals surface area contributed by atoms with Gasteiger partial charge in [0.15, 0.2) is 0 Å². The topological polar surface area (TPSA) is 50.9 Å². The highest BCUT2D eigenvalue weighted by Crippen LogP contribution is 2.48. The van der Waals surface area contributed by atoms with Gasteiger partial charge in [0.1, 0.15) is 11.0 Å². The van der Waals surface area contributed by atoms with Gasteiger partial charge in [0.05, 0.1) is 15.2 Å². The van der Waals surface area contributed by atoms with E-state index in [-0.39, 0.29) is 11.4 Å². The van der Waals surface area contributed by atoms with Crippen molar-refractivity contribution in [3.05, 3.63) is 34.7 Å². The number of alkyl halides is 3. The Balaban J connectivity index is 1.89. The molecule has 4 rings (SSSR count). The molecule has 0 aliphatic carbocycles. The fourth-order valence-corrected chi connectivity index (χ4v) is 5.23. The van der Waals surface area contributed by atoms with Crippen LogP contribution < -0.4 is 11.1 Å². The number of halogens is 3. The van der Waals surface area contributed by atoms with Crippen molar-refractivity contribution in [1.82, 2.24) is 10.3 Å². The molecule has 1 unspecified atom stereocenters. The first-order valence-electron chi connectivity index (χ1n) is 7.02. The third kappa shape index (κ3) is 2.41. The van der Waals surface area contributed by atoms with Gasteiger partial charge in [-0.2, -0.15) is 13.2 Å². The molecule has 120 valence electrons. The minimum absolute atomic E-state index is 0.274. The molecular formula is C15H12F3N3S2. The number of benzene rings is 1. The third-order valence-corrected chi connectivity index (χ3v) is 6.07. The summed E-state index contributed by atoms with van der Waals surface area (Å²) in [6.07, 6.45) is -3.79. The van der Waals surface area contributed by atoms with Crippen molar-refractivity contribution in [3.8, 4) is 10.6 Å². The van der Waals surface area contributed by atoms with Crippen molar-refractivity contribution in [1.29, 1.82) is 0 Å². The fraction of sp³-hybridized carbons (Fsp3) is 0.267. The molecule has 0 radical (unpaired) electrons. The molecule has 0 bridgehead atoms. The largest absolute Gasteiger partial charge is 0.408 e. The van der Waals surface area contributed by atoms with Gasteiger partial charge in [-0.1, -0.05) is 12.1 Å². The minimum atomic E-state index is -4.32. The van der Waals surface area contributed by atoms with Gasteiger partial charge >= 0.3 is 6.18 Å². The van der Waals surface area contributed by atoms with E-state index in [0.29, 0.717) is 27.6 Å². The average molecular weight is 355 g/mol. The first-order valence-corrected chi connectivity index (χ1v) is 8.65. The van der Waals surface area contributed by atoms with Crippen LogP contribution in [0.2, 0.25) is 0 Å². The van der Waals surface area contributed by atoms with Gasteiger partial charge in [-0.05, 0) is 24.1 Å². The molecule has 1 atom stereocenters. The number of para-hydroxylation sites is 1. The van der Waals surface area contributed by atoms with Crippen LogP contribution in [-0.2, 0) is 6.42 Å². The van der Waals surface area contributed by atoms with Crippen LogP contribution in [-0.4, -0.2) is 17.7 Å². The molecule has 2 aromatic heterocycles. The Hall–Kier alpha value is -1.64. The Morgan fingerprint density at radius 2 is 2.00 bits per heavy atom. The monoisotopic (exact) mass is 355 g/mol. The second-order valence-corrected chi connectivity index (χ2v) is 7.46. The normalized spacial score (nSPS) is 18.3. The molecule has 0 saturated carbocycles. The highest BCUT2D eigenvalue weighted by atomic mass is 32.1. The number of aromatic nitrogens is 1. The second-order valence-electron chi connectivity index (χ2n) is 5.35. The van der Waals surface area contributed by atoms with Crippen LogP contribution in [0.15, 0.2) is 24.3 Å². The van der Waals surface area contributed by atoms with E-state index in [1.54, 1.807) is 0 Å². The number of fused-ring (bicyclic) bond motifs is 2. The van der Waals surface area contributed by atoms with Crippen molar-refractivity contribution >= 4 is 37.9 Å². The van der Waals surface area contributed by atoms with Gasteiger partial charge < -0.3 is 11.1 Å². The van der Waals surface area contributed by atoms with Crippen molar-refractivity contribution in [3.63, 3.8) is 0 Å². The van der Waals surface area contributed by atoms with Crippen molar-refractivity contribution < 1.29 is 13.2 Å². The van der Waals surface area contributed by atoms with Crippen LogP contribution in [0.5, 0.6) is 0 Å². The van der Waals surface area contributed by atoms with Crippen molar-refractivity contribution in [2.45, 2.75) is 18.6 Å². The van der Waals surface area contributed by atoms with Gasteiger partial charge in [0.2, 0.25) is 0 Å². The molecule has 1 aliphatic rings. The quantitative estimate of drug-likeness (QED) is 0.682. The lowest BCUT2D eigenvalue weighted by molar-refractivity contribution is -0.158. The molecule has 0 amide bonds. The molecule has 3 heterocycles. The summed E-state index contributed by atoms with van der Waals surface area (Å²) in [4.78, 5) is 4.83. The van der Waals surface area contributed by atoms with E-state index >= 15 is 0 Å². The van der Waals surface area contributed by atoms with E-state index in [0.717, 1.165) is 21.6 Å². The zero-order valence-corrected chi connectivity index (χ0v) is 13.4. The van der Waals surface area contributed by atoms with Gasteiger partial charge in [0.25, 0.3) is 0 Å².